The Balaban J connectivity index is 1.75. The number of ether oxygens (including phenoxy) is 2. The summed E-state index contributed by atoms with van der Waals surface area (Å²) in [7, 11) is 1.58. The van der Waals surface area contributed by atoms with E-state index in [1.165, 1.54) is 28.4 Å². The fourth-order valence-corrected chi connectivity index (χ4v) is 4.88. The van der Waals surface area contributed by atoms with Gasteiger partial charge in [0.15, 0.2) is 0 Å². The van der Waals surface area contributed by atoms with Gasteiger partial charge in [0.2, 0.25) is 5.91 Å². The van der Waals surface area contributed by atoms with Crippen molar-refractivity contribution < 1.29 is 19.1 Å². The number of rotatable bonds is 6. The highest BCUT2D eigenvalue weighted by Crippen LogP contribution is 2.42. The molecule has 2 heterocycles. The van der Waals surface area contributed by atoms with Crippen molar-refractivity contribution in [3.63, 3.8) is 0 Å². The normalized spacial score (nSPS) is 21.6. The molecule has 0 bridgehead atoms. The van der Waals surface area contributed by atoms with Crippen LogP contribution in [0.5, 0.6) is 5.75 Å². The Kier molecular flexibility index (Phi) is 5.76. The van der Waals surface area contributed by atoms with Crippen molar-refractivity contribution in [1.82, 2.24) is 4.90 Å². The molecule has 2 aliphatic rings. The monoisotopic (exact) mass is 391 g/mol. The fraction of sp³-hybridized carbons (Fsp3) is 0.353. The Morgan fingerprint density at radius 1 is 1.46 bits per heavy atom. The molecule has 1 saturated heterocycles. The predicted molar refractivity (Wildman–Crippen MR) is 99.0 cm³/mol. The van der Waals surface area contributed by atoms with Gasteiger partial charge in [-0.3, -0.25) is 9.69 Å². The van der Waals surface area contributed by atoms with Crippen LogP contribution in [0.1, 0.15) is 5.56 Å². The summed E-state index contributed by atoms with van der Waals surface area (Å²) in [6.45, 7) is 0.0778. The SMILES string of the molecule is COc1ccc(COC(=O)C2=C(SCC#N)CS[C@H]3[C@H](N)C(=O)N23)cc1. The summed E-state index contributed by atoms with van der Waals surface area (Å²) in [6.07, 6.45) is 0. The zero-order chi connectivity index (χ0) is 18.7. The first kappa shape index (κ1) is 18.6. The van der Waals surface area contributed by atoms with Crippen LogP contribution in [0, 0.1) is 11.3 Å². The van der Waals surface area contributed by atoms with Crippen LogP contribution in [0.2, 0.25) is 0 Å². The van der Waals surface area contributed by atoms with Crippen LogP contribution in [0.3, 0.4) is 0 Å². The van der Waals surface area contributed by atoms with Crippen LogP contribution in [-0.2, 0) is 20.9 Å². The summed E-state index contributed by atoms with van der Waals surface area (Å²) >= 11 is 2.74. The lowest BCUT2D eigenvalue weighted by Gasteiger charge is -2.48. The minimum Gasteiger partial charge on any atom is -0.497 e. The molecule has 0 aromatic heterocycles. The van der Waals surface area contributed by atoms with E-state index in [9.17, 15) is 9.59 Å². The number of carbonyl (C=O) groups excluding carboxylic acids is 2. The number of amides is 1. The first-order valence-corrected chi connectivity index (χ1v) is 9.83. The summed E-state index contributed by atoms with van der Waals surface area (Å²) in [5.41, 5.74) is 6.84. The molecule has 0 radical (unpaired) electrons. The van der Waals surface area contributed by atoms with Crippen molar-refractivity contribution in [2.24, 2.45) is 5.73 Å². The summed E-state index contributed by atoms with van der Waals surface area (Å²) in [5.74, 6) is 0.566. The van der Waals surface area contributed by atoms with Gasteiger partial charge in [-0.1, -0.05) is 12.1 Å². The van der Waals surface area contributed by atoms with E-state index >= 15 is 0 Å². The number of hydrogen-bond acceptors (Lipinski definition) is 8. The molecule has 1 aromatic carbocycles. The highest BCUT2D eigenvalue weighted by Gasteiger charge is 2.52. The average molecular weight is 391 g/mol. The quantitative estimate of drug-likeness (QED) is 0.574. The van der Waals surface area contributed by atoms with Crippen LogP contribution >= 0.6 is 23.5 Å². The first-order chi connectivity index (χ1) is 12.6. The van der Waals surface area contributed by atoms with Gasteiger partial charge in [-0.05, 0) is 17.7 Å². The number of hydrogen-bond donors (Lipinski definition) is 1. The Morgan fingerprint density at radius 3 is 2.85 bits per heavy atom. The van der Waals surface area contributed by atoms with E-state index in [-0.39, 0.29) is 29.3 Å². The Bertz CT molecular complexity index is 788. The Labute approximate surface area is 159 Å². The van der Waals surface area contributed by atoms with Gasteiger partial charge in [0.25, 0.3) is 0 Å². The molecule has 1 amide bonds. The van der Waals surface area contributed by atoms with Gasteiger partial charge in [-0.2, -0.15) is 5.26 Å². The second kappa shape index (κ2) is 8.03. The molecule has 2 N–H and O–H groups in total. The average Bonchev–Trinajstić information content (AvgIpc) is 2.69. The standard InChI is InChI=1S/C17H17N3O4S2/c1-23-11-4-2-10(3-5-11)8-24-17(22)14-12(25-7-6-18)9-26-16-13(19)15(21)20(14)16/h2-5,13,16H,7-9,19H2,1H3/t13-,16+/m1/s1. The maximum Gasteiger partial charge on any atom is 0.356 e. The number of fused-ring (bicyclic) bond motifs is 1. The lowest BCUT2D eigenvalue weighted by Crippen LogP contribution is -2.68. The summed E-state index contributed by atoms with van der Waals surface area (Å²) in [4.78, 5) is 26.9. The summed E-state index contributed by atoms with van der Waals surface area (Å²) in [5, 5.41) is 8.56. The Morgan fingerprint density at radius 2 is 2.19 bits per heavy atom. The highest BCUT2D eigenvalue weighted by molar-refractivity contribution is 8.06. The van der Waals surface area contributed by atoms with Crippen molar-refractivity contribution in [1.29, 1.82) is 5.26 Å². The fourth-order valence-electron chi connectivity index (χ4n) is 2.65. The number of esters is 1. The molecule has 0 spiro atoms. The number of nitrogens with zero attached hydrogens (tertiary/aromatic N) is 2. The lowest BCUT2D eigenvalue weighted by molar-refractivity contribution is -0.151. The van der Waals surface area contributed by atoms with Crippen molar-refractivity contribution in [3.05, 3.63) is 40.4 Å². The predicted octanol–water partition coefficient (Wildman–Crippen LogP) is 1.45. The van der Waals surface area contributed by atoms with Gasteiger partial charge in [-0.25, -0.2) is 4.79 Å². The molecule has 3 rings (SSSR count). The Hall–Kier alpha value is -2.15. The highest BCUT2D eigenvalue weighted by atomic mass is 32.2. The molecule has 26 heavy (non-hydrogen) atoms. The molecule has 1 fully saturated rings. The van der Waals surface area contributed by atoms with Crippen molar-refractivity contribution in [2.75, 3.05) is 18.6 Å². The number of methoxy groups -OCH3 is 1. The summed E-state index contributed by atoms with van der Waals surface area (Å²) in [6, 6.07) is 8.59. The van der Waals surface area contributed by atoms with E-state index in [1.54, 1.807) is 31.4 Å². The molecule has 2 aliphatic heterocycles. The summed E-state index contributed by atoms with van der Waals surface area (Å²) < 4.78 is 10.5. The van der Waals surface area contributed by atoms with Crippen LogP contribution in [-0.4, -0.2) is 46.8 Å². The van der Waals surface area contributed by atoms with Gasteiger partial charge >= 0.3 is 5.97 Å². The van der Waals surface area contributed by atoms with E-state index in [4.69, 9.17) is 20.5 Å². The molecule has 9 heteroatoms. The van der Waals surface area contributed by atoms with E-state index < -0.39 is 12.0 Å². The van der Waals surface area contributed by atoms with Crippen molar-refractivity contribution in [2.45, 2.75) is 18.0 Å². The zero-order valence-corrected chi connectivity index (χ0v) is 15.6. The molecule has 1 aromatic rings. The van der Waals surface area contributed by atoms with E-state index in [2.05, 4.69) is 0 Å². The molecule has 0 unspecified atom stereocenters. The van der Waals surface area contributed by atoms with Crippen molar-refractivity contribution in [3.8, 4) is 11.8 Å². The molecular weight excluding hydrogens is 374 g/mol. The van der Waals surface area contributed by atoms with Crippen molar-refractivity contribution >= 4 is 35.4 Å². The van der Waals surface area contributed by atoms with Crippen LogP contribution in [0.4, 0.5) is 0 Å². The molecule has 7 nitrogen and oxygen atoms in total. The number of nitriles is 1. The lowest BCUT2D eigenvalue weighted by atomic mass is 10.1. The number of carbonyl (C=O) groups is 2. The van der Waals surface area contributed by atoms with E-state index in [0.717, 1.165) is 5.56 Å². The van der Waals surface area contributed by atoms with Gasteiger partial charge in [0, 0.05) is 10.7 Å². The first-order valence-electron chi connectivity index (χ1n) is 7.80. The maximum absolute atomic E-state index is 12.7. The van der Waals surface area contributed by atoms with Crippen LogP contribution in [0.15, 0.2) is 34.9 Å². The second-order valence-electron chi connectivity index (χ2n) is 5.58. The molecular formula is C17H17N3O4S2. The molecule has 0 aliphatic carbocycles. The maximum atomic E-state index is 12.7. The number of β-lactam (4-membered cyclic amide) rings is 1. The molecule has 2 atom stereocenters. The number of benzene rings is 1. The third kappa shape index (κ3) is 3.53. The second-order valence-corrected chi connectivity index (χ2v) is 7.75. The van der Waals surface area contributed by atoms with Gasteiger partial charge in [0.05, 0.1) is 18.9 Å². The van der Waals surface area contributed by atoms with Crippen LogP contribution < -0.4 is 10.5 Å². The van der Waals surface area contributed by atoms with Gasteiger partial charge < -0.3 is 15.2 Å². The zero-order valence-electron chi connectivity index (χ0n) is 14.0. The third-order valence-electron chi connectivity index (χ3n) is 4.01. The molecule has 136 valence electrons. The van der Waals surface area contributed by atoms with Gasteiger partial charge in [0.1, 0.15) is 29.5 Å². The molecule has 0 saturated carbocycles. The van der Waals surface area contributed by atoms with Crippen LogP contribution in [0.25, 0.3) is 0 Å². The smallest absolute Gasteiger partial charge is 0.356 e. The van der Waals surface area contributed by atoms with Gasteiger partial charge in [-0.15, -0.1) is 23.5 Å². The minimum atomic E-state index is -0.605. The largest absolute Gasteiger partial charge is 0.497 e. The number of nitrogens with two attached hydrogens (primary N) is 1. The topological polar surface area (TPSA) is 106 Å². The van der Waals surface area contributed by atoms with E-state index in [1.807, 2.05) is 6.07 Å². The third-order valence-corrected chi connectivity index (χ3v) is 6.45. The number of thioether (sulfide) groups is 2. The minimum absolute atomic E-state index is 0.0778. The van der Waals surface area contributed by atoms with E-state index in [0.29, 0.717) is 16.4 Å².